The zero-order valence-electron chi connectivity index (χ0n) is 11.0. The lowest BCUT2D eigenvalue weighted by molar-refractivity contribution is 0.618. The van der Waals surface area contributed by atoms with Crippen LogP contribution in [-0.4, -0.2) is 19.3 Å². The fourth-order valence-electron chi connectivity index (χ4n) is 2.31. The Morgan fingerprint density at radius 2 is 2.00 bits per heavy atom. The van der Waals surface area contributed by atoms with Crippen molar-refractivity contribution in [1.29, 1.82) is 0 Å². The Morgan fingerprint density at radius 3 is 2.68 bits per heavy atom. The van der Waals surface area contributed by atoms with Gasteiger partial charge in [-0.2, -0.15) is 5.10 Å². The third-order valence-electron chi connectivity index (χ3n) is 3.23. The predicted octanol–water partition coefficient (Wildman–Crippen LogP) is 2.10. The summed E-state index contributed by atoms with van der Waals surface area (Å²) in [5.74, 6) is 0.136. The molecule has 3 rings (SSSR count). The van der Waals surface area contributed by atoms with Gasteiger partial charge >= 0.3 is 0 Å². The molecule has 0 aliphatic rings. The predicted molar refractivity (Wildman–Crippen MR) is 71.7 cm³/mol. The third-order valence-corrected chi connectivity index (χ3v) is 3.23. The van der Waals surface area contributed by atoms with Crippen molar-refractivity contribution in [2.24, 2.45) is 7.05 Å². The molecule has 0 spiro atoms. The van der Waals surface area contributed by atoms with Gasteiger partial charge in [0.05, 0.1) is 11.4 Å². The molecule has 0 unspecified atom stereocenters. The number of nitrogens with two attached hydrogens (primary N) is 1. The van der Waals surface area contributed by atoms with Crippen LogP contribution in [0.5, 0.6) is 0 Å². The molecule has 2 aromatic heterocycles. The number of fused-ring (bicyclic) bond motifs is 1. The van der Waals surface area contributed by atoms with Crippen molar-refractivity contribution < 1.29 is 4.39 Å². The lowest BCUT2D eigenvalue weighted by Gasteiger charge is -2.08. The molecule has 2 N–H and O–H groups in total. The van der Waals surface area contributed by atoms with Crippen LogP contribution in [0.3, 0.4) is 0 Å². The van der Waals surface area contributed by atoms with E-state index < -0.39 is 0 Å². The van der Waals surface area contributed by atoms with E-state index in [9.17, 15) is 4.39 Å². The molecular weight excluding hydrogens is 245 g/mol. The van der Waals surface area contributed by atoms with Gasteiger partial charge in [0, 0.05) is 7.05 Å². The normalized spacial score (nSPS) is 11.4. The van der Waals surface area contributed by atoms with Gasteiger partial charge in [0.2, 0.25) is 5.95 Å². The summed E-state index contributed by atoms with van der Waals surface area (Å²) in [5.41, 5.74) is 9.71. The number of halogens is 1. The fourth-order valence-corrected chi connectivity index (χ4v) is 2.31. The number of imidazole rings is 1. The van der Waals surface area contributed by atoms with Gasteiger partial charge < -0.3 is 5.73 Å². The third kappa shape index (κ3) is 1.60. The topological polar surface area (TPSA) is 61.7 Å². The maximum absolute atomic E-state index is 13.4. The summed E-state index contributed by atoms with van der Waals surface area (Å²) in [6.45, 7) is 3.60. The maximum Gasteiger partial charge on any atom is 0.207 e. The van der Waals surface area contributed by atoms with Crippen LogP contribution in [0.4, 0.5) is 10.3 Å². The highest BCUT2D eigenvalue weighted by molar-refractivity contribution is 5.80. The van der Waals surface area contributed by atoms with E-state index in [1.807, 2.05) is 14.0 Å². The van der Waals surface area contributed by atoms with Crippen LogP contribution in [0, 0.1) is 19.7 Å². The standard InChI is InChI=1S/C13H14FN5/c1-7-6-9(4-5-10(7)14)19-12-11(16-13(19)15)8(2)17-18(12)3/h4-6H,1-3H3,(H2,15,16). The average molecular weight is 259 g/mol. The first-order valence-corrected chi connectivity index (χ1v) is 5.93. The molecule has 98 valence electrons. The minimum absolute atomic E-state index is 0.236. The number of hydrogen-bond donors (Lipinski definition) is 1. The van der Waals surface area contributed by atoms with Gasteiger partial charge in [-0.1, -0.05) is 0 Å². The number of aryl methyl sites for hydroxylation is 3. The van der Waals surface area contributed by atoms with Gasteiger partial charge in [-0.25, -0.2) is 14.1 Å². The van der Waals surface area contributed by atoms with E-state index in [2.05, 4.69) is 10.1 Å². The molecule has 0 aliphatic carbocycles. The second kappa shape index (κ2) is 3.81. The highest BCUT2D eigenvalue weighted by atomic mass is 19.1. The minimum Gasteiger partial charge on any atom is -0.369 e. The molecule has 6 heteroatoms. The summed E-state index contributed by atoms with van der Waals surface area (Å²) in [6.07, 6.45) is 0. The quantitative estimate of drug-likeness (QED) is 0.728. The van der Waals surface area contributed by atoms with Gasteiger partial charge in [-0.15, -0.1) is 0 Å². The molecule has 0 amide bonds. The zero-order valence-corrected chi connectivity index (χ0v) is 11.0. The number of aromatic nitrogens is 4. The molecule has 0 atom stereocenters. The molecule has 0 aliphatic heterocycles. The molecule has 0 saturated carbocycles. The molecule has 0 fully saturated rings. The second-order valence-corrected chi connectivity index (χ2v) is 4.62. The molecule has 2 heterocycles. The van der Waals surface area contributed by atoms with Crippen LogP contribution in [0.1, 0.15) is 11.3 Å². The van der Waals surface area contributed by atoms with Gasteiger partial charge in [-0.3, -0.25) is 4.57 Å². The largest absolute Gasteiger partial charge is 0.369 e. The van der Waals surface area contributed by atoms with E-state index in [1.54, 1.807) is 28.3 Å². The van der Waals surface area contributed by atoms with Crippen molar-refractivity contribution >= 4 is 17.1 Å². The van der Waals surface area contributed by atoms with E-state index in [0.29, 0.717) is 11.5 Å². The molecule has 0 saturated heterocycles. The van der Waals surface area contributed by atoms with Crippen LogP contribution < -0.4 is 5.73 Å². The zero-order chi connectivity index (χ0) is 13.7. The van der Waals surface area contributed by atoms with E-state index in [1.165, 1.54) is 6.07 Å². The highest BCUT2D eigenvalue weighted by Gasteiger charge is 2.17. The molecule has 0 bridgehead atoms. The van der Waals surface area contributed by atoms with Crippen molar-refractivity contribution in [1.82, 2.24) is 19.3 Å². The number of anilines is 1. The van der Waals surface area contributed by atoms with Gasteiger partial charge in [0.15, 0.2) is 5.65 Å². The monoisotopic (exact) mass is 259 g/mol. The van der Waals surface area contributed by atoms with Crippen LogP contribution in [-0.2, 0) is 7.05 Å². The Hall–Kier alpha value is -2.37. The molecule has 3 aromatic rings. The van der Waals surface area contributed by atoms with Crippen molar-refractivity contribution in [3.05, 3.63) is 35.3 Å². The van der Waals surface area contributed by atoms with E-state index in [0.717, 1.165) is 22.5 Å². The molecular formula is C13H14FN5. The Balaban J connectivity index is 2.35. The van der Waals surface area contributed by atoms with Gasteiger partial charge in [-0.05, 0) is 37.6 Å². The van der Waals surface area contributed by atoms with Gasteiger partial charge in [0.25, 0.3) is 0 Å². The summed E-state index contributed by atoms with van der Waals surface area (Å²) < 4.78 is 16.9. The first kappa shape index (κ1) is 11.7. The average Bonchev–Trinajstić information content (AvgIpc) is 2.82. The Labute approximate surface area is 109 Å². The molecule has 5 nitrogen and oxygen atoms in total. The van der Waals surface area contributed by atoms with Crippen LogP contribution in [0.2, 0.25) is 0 Å². The number of benzene rings is 1. The van der Waals surface area contributed by atoms with E-state index in [-0.39, 0.29) is 5.82 Å². The van der Waals surface area contributed by atoms with Crippen molar-refractivity contribution in [3.8, 4) is 5.69 Å². The van der Waals surface area contributed by atoms with Crippen molar-refractivity contribution in [3.63, 3.8) is 0 Å². The highest BCUT2D eigenvalue weighted by Crippen LogP contribution is 2.25. The number of hydrogen-bond acceptors (Lipinski definition) is 3. The minimum atomic E-state index is -0.236. The maximum atomic E-state index is 13.4. The smallest absolute Gasteiger partial charge is 0.207 e. The summed E-state index contributed by atoms with van der Waals surface area (Å²) in [6, 6.07) is 4.86. The first-order valence-electron chi connectivity index (χ1n) is 5.93. The number of nitrogen functional groups attached to an aromatic ring is 1. The summed E-state index contributed by atoms with van der Waals surface area (Å²) in [5, 5.41) is 4.32. The summed E-state index contributed by atoms with van der Waals surface area (Å²) in [4.78, 5) is 4.33. The van der Waals surface area contributed by atoms with Crippen LogP contribution >= 0.6 is 0 Å². The van der Waals surface area contributed by atoms with Crippen molar-refractivity contribution in [2.75, 3.05) is 5.73 Å². The molecule has 19 heavy (non-hydrogen) atoms. The molecule has 1 aromatic carbocycles. The lowest BCUT2D eigenvalue weighted by atomic mass is 10.2. The van der Waals surface area contributed by atoms with Gasteiger partial charge in [0.1, 0.15) is 11.3 Å². The fraction of sp³-hybridized carbons (Fsp3) is 0.231. The van der Waals surface area contributed by atoms with E-state index >= 15 is 0 Å². The summed E-state index contributed by atoms with van der Waals surface area (Å²) in [7, 11) is 1.84. The van der Waals surface area contributed by atoms with E-state index in [4.69, 9.17) is 5.73 Å². The molecule has 0 radical (unpaired) electrons. The number of nitrogens with zero attached hydrogens (tertiary/aromatic N) is 4. The SMILES string of the molecule is Cc1cc(-n2c(N)nc3c(C)nn(C)c32)ccc1F. The number of rotatable bonds is 1. The van der Waals surface area contributed by atoms with Crippen LogP contribution in [0.15, 0.2) is 18.2 Å². The summed E-state index contributed by atoms with van der Waals surface area (Å²) >= 11 is 0. The van der Waals surface area contributed by atoms with Crippen molar-refractivity contribution in [2.45, 2.75) is 13.8 Å². The first-order chi connectivity index (χ1) is 8.99. The Morgan fingerprint density at radius 1 is 1.26 bits per heavy atom. The van der Waals surface area contributed by atoms with Crippen LogP contribution in [0.25, 0.3) is 16.9 Å². The second-order valence-electron chi connectivity index (χ2n) is 4.62. The Kier molecular flexibility index (Phi) is 2.35. The Bertz CT molecular complexity index is 784. The lowest BCUT2D eigenvalue weighted by Crippen LogP contribution is -2.05.